The Morgan fingerprint density at radius 2 is 1.86 bits per heavy atom. The highest BCUT2D eigenvalue weighted by molar-refractivity contribution is 9.10. The number of nitro benzene ring substituents is 1. The van der Waals surface area contributed by atoms with Crippen LogP contribution in [-0.2, 0) is 9.53 Å². The van der Waals surface area contributed by atoms with E-state index in [1.165, 1.54) is 24.3 Å². The first-order chi connectivity index (χ1) is 13.9. The Bertz CT molecular complexity index is 1200. The molecule has 0 unspecified atom stereocenters. The number of nitrogens with zero attached hydrogens (tertiary/aromatic N) is 2. The summed E-state index contributed by atoms with van der Waals surface area (Å²) in [6, 6.07) is 14.9. The largest absolute Gasteiger partial charge is 0.457 e. The fourth-order valence-corrected chi connectivity index (χ4v) is 3.11. The van der Waals surface area contributed by atoms with E-state index in [4.69, 9.17) is 20.8 Å². The lowest BCUT2D eigenvalue weighted by Gasteiger charge is -2.02. The number of ether oxygens (including phenoxy) is 1. The summed E-state index contributed by atoms with van der Waals surface area (Å²) >= 11 is 9.46. The molecule has 0 saturated carbocycles. The molecule has 7 nitrogen and oxygen atoms in total. The Morgan fingerprint density at radius 1 is 1.10 bits per heavy atom. The summed E-state index contributed by atoms with van der Waals surface area (Å²) in [6.45, 7) is 0. The minimum absolute atomic E-state index is 0.000668. The summed E-state index contributed by atoms with van der Waals surface area (Å²) < 4.78 is 11.8. The second-order valence-corrected chi connectivity index (χ2v) is 7.29. The van der Waals surface area contributed by atoms with Crippen LogP contribution in [0.3, 0.4) is 0 Å². The van der Waals surface area contributed by atoms with Gasteiger partial charge in [0.1, 0.15) is 11.5 Å². The van der Waals surface area contributed by atoms with Gasteiger partial charge in [-0.1, -0.05) is 39.7 Å². The number of rotatable bonds is 4. The topological polar surface area (TPSA) is 94.9 Å². The van der Waals surface area contributed by atoms with Crippen LogP contribution in [0.25, 0.3) is 17.4 Å². The highest BCUT2D eigenvalue weighted by atomic mass is 79.9. The molecular formula is C20H10BrClN2O5. The van der Waals surface area contributed by atoms with Gasteiger partial charge in [0.2, 0.25) is 5.90 Å². The maximum absolute atomic E-state index is 12.2. The van der Waals surface area contributed by atoms with Crippen molar-refractivity contribution in [2.75, 3.05) is 0 Å². The second kappa shape index (κ2) is 7.65. The highest BCUT2D eigenvalue weighted by Crippen LogP contribution is 2.29. The molecule has 144 valence electrons. The van der Waals surface area contributed by atoms with Gasteiger partial charge in [0.15, 0.2) is 5.70 Å². The number of carbonyl (C=O) groups is 1. The SMILES string of the molecule is O=C1OC(c2cc([N+](=O)[O-])ccc2Cl)=NC1=Cc1ccc(-c2ccc(Br)cc2)o1. The number of aliphatic imine (C=N–C) groups is 1. The molecule has 9 heteroatoms. The van der Waals surface area contributed by atoms with Crippen LogP contribution in [0.4, 0.5) is 5.69 Å². The standard InChI is InChI=1S/C20H10BrClN2O5/c21-12-3-1-11(2-4-12)18-8-6-14(28-18)10-17-20(25)29-19(23-17)15-9-13(24(26)27)5-7-16(15)22/h1-10H. The minimum Gasteiger partial charge on any atom is -0.457 e. The number of non-ortho nitro benzene ring substituents is 1. The third-order valence-corrected chi connectivity index (χ3v) is 4.90. The number of benzene rings is 2. The van der Waals surface area contributed by atoms with Crippen LogP contribution < -0.4 is 0 Å². The first kappa shape index (κ1) is 19.1. The molecular weight excluding hydrogens is 464 g/mol. The summed E-state index contributed by atoms with van der Waals surface area (Å²) in [4.78, 5) is 26.7. The quantitative estimate of drug-likeness (QED) is 0.212. The predicted molar refractivity (Wildman–Crippen MR) is 111 cm³/mol. The average Bonchev–Trinajstić information content (AvgIpc) is 3.30. The maximum Gasteiger partial charge on any atom is 0.363 e. The minimum atomic E-state index is -0.704. The Balaban J connectivity index is 1.65. The summed E-state index contributed by atoms with van der Waals surface area (Å²) in [7, 11) is 0. The Morgan fingerprint density at radius 3 is 2.59 bits per heavy atom. The van der Waals surface area contributed by atoms with E-state index in [1.54, 1.807) is 12.1 Å². The normalized spacial score (nSPS) is 14.8. The van der Waals surface area contributed by atoms with Gasteiger partial charge >= 0.3 is 5.97 Å². The molecule has 1 aromatic heterocycles. The van der Waals surface area contributed by atoms with E-state index < -0.39 is 10.9 Å². The summed E-state index contributed by atoms with van der Waals surface area (Å²) in [5.74, 6) is 0.227. The molecule has 4 rings (SSSR count). The maximum atomic E-state index is 12.2. The van der Waals surface area contributed by atoms with Gasteiger partial charge in [0, 0.05) is 28.2 Å². The number of halogens is 2. The van der Waals surface area contributed by atoms with E-state index in [-0.39, 0.29) is 27.9 Å². The summed E-state index contributed by atoms with van der Waals surface area (Å²) in [6.07, 6.45) is 1.43. The van der Waals surface area contributed by atoms with Crippen LogP contribution >= 0.6 is 27.5 Å². The molecule has 3 aromatic rings. The van der Waals surface area contributed by atoms with E-state index >= 15 is 0 Å². The molecule has 2 aromatic carbocycles. The number of carbonyl (C=O) groups excluding carboxylic acids is 1. The van der Waals surface area contributed by atoms with Gasteiger partial charge in [-0.2, -0.15) is 0 Å². The molecule has 0 spiro atoms. The molecule has 0 radical (unpaired) electrons. The van der Waals surface area contributed by atoms with Gasteiger partial charge in [-0.25, -0.2) is 9.79 Å². The van der Waals surface area contributed by atoms with Crippen LogP contribution in [-0.4, -0.2) is 16.8 Å². The second-order valence-electron chi connectivity index (χ2n) is 5.97. The zero-order valence-electron chi connectivity index (χ0n) is 14.5. The van der Waals surface area contributed by atoms with Crippen molar-refractivity contribution in [3.8, 4) is 11.3 Å². The smallest absolute Gasteiger partial charge is 0.363 e. The van der Waals surface area contributed by atoms with Crippen molar-refractivity contribution < 1.29 is 18.9 Å². The molecule has 2 heterocycles. The molecule has 0 aliphatic carbocycles. The predicted octanol–water partition coefficient (Wildman–Crippen LogP) is 5.62. The number of furan rings is 1. The lowest BCUT2D eigenvalue weighted by molar-refractivity contribution is -0.384. The number of hydrogen-bond donors (Lipinski definition) is 0. The van der Waals surface area contributed by atoms with Crippen molar-refractivity contribution in [3.05, 3.63) is 91.2 Å². The van der Waals surface area contributed by atoms with Gasteiger partial charge in [-0.05, 0) is 30.3 Å². The zero-order chi connectivity index (χ0) is 20.5. The van der Waals surface area contributed by atoms with Crippen molar-refractivity contribution in [1.82, 2.24) is 0 Å². The Kier molecular flexibility index (Phi) is 5.04. The average molecular weight is 474 g/mol. The van der Waals surface area contributed by atoms with Crippen LogP contribution in [0.1, 0.15) is 11.3 Å². The molecule has 0 N–H and O–H groups in total. The van der Waals surface area contributed by atoms with E-state index in [1.807, 2.05) is 24.3 Å². The molecule has 0 atom stereocenters. The molecule has 29 heavy (non-hydrogen) atoms. The fourth-order valence-electron chi connectivity index (χ4n) is 2.65. The number of nitro groups is 1. The van der Waals surface area contributed by atoms with Gasteiger partial charge in [0.25, 0.3) is 5.69 Å². The molecule has 1 aliphatic heterocycles. The van der Waals surface area contributed by atoms with Crippen LogP contribution in [0, 0.1) is 10.1 Å². The van der Waals surface area contributed by atoms with Crippen molar-refractivity contribution >= 4 is 51.2 Å². The van der Waals surface area contributed by atoms with Crippen molar-refractivity contribution in [2.24, 2.45) is 4.99 Å². The fraction of sp³-hybridized carbons (Fsp3) is 0. The van der Waals surface area contributed by atoms with Crippen molar-refractivity contribution in [3.63, 3.8) is 0 Å². The van der Waals surface area contributed by atoms with Gasteiger partial charge in [-0.3, -0.25) is 10.1 Å². The highest BCUT2D eigenvalue weighted by Gasteiger charge is 2.27. The third kappa shape index (κ3) is 3.98. The molecule has 1 aliphatic rings. The summed E-state index contributed by atoms with van der Waals surface area (Å²) in [5.41, 5.74) is 0.845. The first-order valence-corrected chi connectivity index (χ1v) is 9.40. The van der Waals surface area contributed by atoms with Crippen molar-refractivity contribution in [2.45, 2.75) is 0 Å². The van der Waals surface area contributed by atoms with Gasteiger partial charge in [-0.15, -0.1) is 0 Å². The van der Waals surface area contributed by atoms with E-state index in [9.17, 15) is 14.9 Å². The zero-order valence-corrected chi connectivity index (χ0v) is 16.8. The van der Waals surface area contributed by atoms with Crippen molar-refractivity contribution in [1.29, 1.82) is 0 Å². The van der Waals surface area contributed by atoms with Crippen LogP contribution in [0.15, 0.2) is 74.2 Å². The van der Waals surface area contributed by atoms with Gasteiger partial charge in [0.05, 0.1) is 15.5 Å². The van der Waals surface area contributed by atoms with Gasteiger partial charge < -0.3 is 9.15 Å². The number of cyclic esters (lactones) is 1. The van der Waals surface area contributed by atoms with Crippen LogP contribution in [0.2, 0.25) is 5.02 Å². The van der Waals surface area contributed by atoms with E-state index in [0.717, 1.165) is 10.0 Å². The lowest BCUT2D eigenvalue weighted by atomic mass is 10.2. The number of esters is 1. The lowest BCUT2D eigenvalue weighted by Crippen LogP contribution is -2.06. The molecule has 0 saturated heterocycles. The molecule has 0 amide bonds. The first-order valence-electron chi connectivity index (χ1n) is 8.23. The van der Waals surface area contributed by atoms with Crippen LogP contribution in [0.5, 0.6) is 0 Å². The Labute approximate surface area is 177 Å². The van der Waals surface area contributed by atoms with E-state index in [2.05, 4.69) is 20.9 Å². The van der Waals surface area contributed by atoms with E-state index in [0.29, 0.717) is 11.5 Å². The molecule has 0 bridgehead atoms. The Hall–Kier alpha value is -3.23. The number of hydrogen-bond acceptors (Lipinski definition) is 6. The summed E-state index contributed by atoms with van der Waals surface area (Å²) in [5, 5.41) is 11.2. The third-order valence-electron chi connectivity index (χ3n) is 4.05. The monoisotopic (exact) mass is 472 g/mol. The molecule has 0 fully saturated rings.